The normalized spacial score (nSPS) is 16.9. The van der Waals surface area contributed by atoms with E-state index in [0.29, 0.717) is 13.2 Å². The lowest BCUT2D eigenvalue weighted by molar-refractivity contribution is 0.0539. The first-order valence-corrected chi connectivity index (χ1v) is 20.1. The predicted molar refractivity (Wildman–Crippen MR) is 228 cm³/mol. The summed E-state index contributed by atoms with van der Waals surface area (Å²) in [6.45, 7) is 11.5. The minimum absolute atomic E-state index is 0.00639. The molecule has 6 heteroatoms. The van der Waals surface area contributed by atoms with Gasteiger partial charge in [-0.1, -0.05) is 86.6 Å². The molecule has 6 aromatic rings. The van der Waals surface area contributed by atoms with Gasteiger partial charge in [0.05, 0.1) is 38.6 Å². The van der Waals surface area contributed by atoms with Crippen LogP contribution < -0.4 is 9.80 Å². The third-order valence-corrected chi connectivity index (χ3v) is 10.9. The lowest BCUT2D eigenvalue weighted by Gasteiger charge is -2.27. The zero-order valence-corrected chi connectivity index (χ0v) is 32.9. The Hall–Kier alpha value is -5.24. The first-order chi connectivity index (χ1) is 27.4. The van der Waals surface area contributed by atoms with Gasteiger partial charge in [0.15, 0.2) is 0 Å². The van der Waals surface area contributed by atoms with Gasteiger partial charge in [0.25, 0.3) is 0 Å². The SMILES string of the molecule is CCc1ccc(N(c2ccc(-c3ccc(N(c4ccc(CC)cc4)c4ccc(C(C)OCC5CO5)cc4)cc3)cc2)c2ccc(C(C)OCC3CO3)cc2)cc1. The molecule has 2 aliphatic rings. The molecule has 286 valence electrons. The van der Waals surface area contributed by atoms with Gasteiger partial charge in [0, 0.05) is 34.1 Å². The van der Waals surface area contributed by atoms with Crippen LogP contribution in [0.5, 0.6) is 0 Å². The Kier molecular flexibility index (Phi) is 11.6. The quantitative estimate of drug-likeness (QED) is 0.0867. The summed E-state index contributed by atoms with van der Waals surface area (Å²) in [4.78, 5) is 4.64. The zero-order valence-electron chi connectivity index (χ0n) is 32.9. The van der Waals surface area contributed by atoms with Crippen molar-refractivity contribution in [1.29, 1.82) is 0 Å². The number of benzene rings is 6. The molecule has 6 aromatic carbocycles. The van der Waals surface area contributed by atoms with Crippen molar-refractivity contribution in [3.05, 3.63) is 168 Å². The molecule has 0 saturated carbocycles. The molecule has 0 aliphatic carbocycles. The average Bonchev–Trinajstić information content (AvgIpc) is 4.21. The third-order valence-electron chi connectivity index (χ3n) is 10.9. The van der Waals surface area contributed by atoms with Gasteiger partial charge in [-0.15, -0.1) is 0 Å². The molecule has 0 spiro atoms. The van der Waals surface area contributed by atoms with Crippen molar-refractivity contribution in [3.63, 3.8) is 0 Å². The number of ether oxygens (including phenoxy) is 4. The predicted octanol–water partition coefficient (Wildman–Crippen LogP) is 12.4. The summed E-state index contributed by atoms with van der Waals surface area (Å²) >= 11 is 0. The first-order valence-electron chi connectivity index (χ1n) is 20.1. The minimum Gasteiger partial charge on any atom is -0.371 e. The van der Waals surface area contributed by atoms with Gasteiger partial charge in [-0.3, -0.25) is 0 Å². The smallest absolute Gasteiger partial charge is 0.104 e. The van der Waals surface area contributed by atoms with Crippen molar-refractivity contribution < 1.29 is 18.9 Å². The molecule has 2 heterocycles. The fraction of sp³-hybridized carbons (Fsp3) is 0.280. The second kappa shape index (κ2) is 17.3. The molecule has 2 saturated heterocycles. The summed E-state index contributed by atoms with van der Waals surface area (Å²) in [7, 11) is 0. The van der Waals surface area contributed by atoms with Crippen LogP contribution in [-0.2, 0) is 31.8 Å². The van der Waals surface area contributed by atoms with Crippen LogP contribution in [0.3, 0.4) is 0 Å². The van der Waals surface area contributed by atoms with Gasteiger partial charge in [0.1, 0.15) is 12.2 Å². The lowest BCUT2D eigenvalue weighted by atomic mass is 10.0. The van der Waals surface area contributed by atoms with Gasteiger partial charge in [-0.05, 0) is 133 Å². The van der Waals surface area contributed by atoms with Crippen molar-refractivity contribution >= 4 is 34.1 Å². The number of rotatable bonds is 17. The zero-order chi connectivity index (χ0) is 38.4. The minimum atomic E-state index is 0.00639. The summed E-state index contributed by atoms with van der Waals surface area (Å²) in [6.07, 6.45) is 2.53. The van der Waals surface area contributed by atoms with Crippen LogP contribution in [0.25, 0.3) is 11.1 Å². The molecule has 56 heavy (non-hydrogen) atoms. The van der Waals surface area contributed by atoms with E-state index in [2.05, 4.69) is 183 Å². The van der Waals surface area contributed by atoms with Crippen LogP contribution in [0, 0.1) is 0 Å². The highest BCUT2D eigenvalue weighted by Gasteiger charge is 2.25. The Morgan fingerprint density at radius 1 is 0.446 bits per heavy atom. The Labute approximate surface area is 332 Å². The molecule has 0 aromatic heterocycles. The van der Waals surface area contributed by atoms with Gasteiger partial charge >= 0.3 is 0 Å². The van der Waals surface area contributed by atoms with Crippen molar-refractivity contribution in [2.75, 3.05) is 36.2 Å². The van der Waals surface area contributed by atoms with E-state index < -0.39 is 0 Å². The van der Waals surface area contributed by atoms with Crippen molar-refractivity contribution in [2.24, 2.45) is 0 Å². The average molecular weight is 745 g/mol. The molecule has 8 rings (SSSR count). The first kappa shape index (κ1) is 37.7. The highest BCUT2D eigenvalue weighted by Crippen LogP contribution is 2.39. The summed E-state index contributed by atoms with van der Waals surface area (Å²) in [6, 6.07) is 53.0. The van der Waals surface area contributed by atoms with Gasteiger partial charge in [-0.25, -0.2) is 0 Å². The number of aryl methyl sites for hydroxylation is 2. The maximum Gasteiger partial charge on any atom is 0.104 e. The Bertz CT molecular complexity index is 1980. The molecule has 6 nitrogen and oxygen atoms in total. The van der Waals surface area contributed by atoms with Gasteiger partial charge in [-0.2, -0.15) is 0 Å². The third kappa shape index (κ3) is 9.07. The monoisotopic (exact) mass is 744 g/mol. The molecular formula is C50H52N2O4. The molecular weight excluding hydrogens is 693 g/mol. The molecule has 2 fully saturated rings. The van der Waals surface area contributed by atoms with Crippen molar-refractivity contribution in [3.8, 4) is 11.1 Å². The summed E-state index contributed by atoms with van der Waals surface area (Å²) in [5.41, 5.74) is 13.9. The van der Waals surface area contributed by atoms with Crippen LogP contribution in [-0.4, -0.2) is 38.6 Å². The van der Waals surface area contributed by atoms with Crippen LogP contribution in [0.2, 0.25) is 0 Å². The van der Waals surface area contributed by atoms with E-state index in [9.17, 15) is 0 Å². The number of hydrogen-bond donors (Lipinski definition) is 0. The Morgan fingerprint density at radius 3 is 0.982 bits per heavy atom. The number of nitrogens with zero attached hydrogens (tertiary/aromatic N) is 2. The van der Waals surface area contributed by atoms with E-state index in [1.165, 1.54) is 11.1 Å². The highest BCUT2D eigenvalue weighted by molar-refractivity contribution is 5.81. The van der Waals surface area contributed by atoms with Crippen molar-refractivity contribution in [2.45, 2.75) is 65.0 Å². The second-order valence-electron chi connectivity index (χ2n) is 14.8. The van der Waals surface area contributed by atoms with Crippen LogP contribution in [0.4, 0.5) is 34.1 Å². The van der Waals surface area contributed by atoms with Crippen LogP contribution in [0.15, 0.2) is 146 Å². The molecule has 4 unspecified atom stereocenters. The fourth-order valence-corrected chi connectivity index (χ4v) is 7.07. The van der Waals surface area contributed by atoms with E-state index in [0.717, 1.165) is 82.4 Å². The highest BCUT2D eigenvalue weighted by atomic mass is 16.6. The fourth-order valence-electron chi connectivity index (χ4n) is 7.07. The molecule has 0 N–H and O–H groups in total. The van der Waals surface area contributed by atoms with E-state index in [-0.39, 0.29) is 24.4 Å². The molecule has 4 atom stereocenters. The largest absolute Gasteiger partial charge is 0.371 e. The summed E-state index contributed by atoms with van der Waals surface area (Å²) in [5, 5.41) is 0. The second-order valence-corrected chi connectivity index (χ2v) is 14.8. The van der Waals surface area contributed by atoms with Crippen LogP contribution >= 0.6 is 0 Å². The van der Waals surface area contributed by atoms with Gasteiger partial charge in [0.2, 0.25) is 0 Å². The Balaban J connectivity index is 1.04. The Morgan fingerprint density at radius 2 is 0.714 bits per heavy atom. The number of anilines is 6. The van der Waals surface area contributed by atoms with E-state index in [4.69, 9.17) is 18.9 Å². The van der Waals surface area contributed by atoms with Crippen molar-refractivity contribution in [1.82, 2.24) is 0 Å². The maximum atomic E-state index is 6.05. The molecule has 0 radical (unpaired) electrons. The van der Waals surface area contributed by atoms with E-state index in [1.807, 2.05) is 0 Å². The van der Waals surface area contributed by atoms with E-state index in [1.54, 1.807) is 0 Å². The summed E-state index contributed by atoms with van der Waals surface area (Å²) < 4.78 is 22.8. The molecule has 0 amide bonds. The summed E-state index contributed by atoms with van der Waals surface area (Å²) in [5.74, 6) is 0. The number of epoxide rings is 2. The standard InChI is InChI=1S/C50H52N2O4/c1-5-37-7-19-43(20-8-37)51(45-23-11-39(12-24-45)35(3)53-31-49-33-55-49)47-27-15-41(16-28-47)42-17-29-48(30-18-42)52(44-21-9-38(6-2)10-22-44)46-25-13-40(14-26-46)36(4)54-32-50-34-56-50/h7-30,35-36,49-50H,5-6,31-34H2,1-4H3. The van der Waals surface area contributed by atoms with Crippen LogP contribution in [0.1, 0.15) is 62.2 Å². The topological polar surface area (TPSA) is 50.0 Å². The molecule has 0 bridgehead atoms. The van der Waals surface area contributed by atoms with E-state index >= 15 is 0 Å². The lowest BCUT2D eigenvalue weighted by Crippen LogP contribution is -2.11. The van der Waals surface area contributed by atoms with Gasteiger partial charge < -0.3 is 28.7 Å². The number of hydrogen-bond acceptors (Lipinski definition) is 6. The molecule has 2 aliphatic heterocycles. The maximum absolute atomic E-state index is 6.05.